The second-order valence-corrected chi connectivity index (χ2v) is 6.22. The molecule has 5 nitrogen and oxygen atoms in total. The maximum absolute atomic E-state index is 12.4. The van der Waals surface area contributed by atoms with Gasteiger partial charge in [0, 0.05) is 18.7 Å². The Morgan fingerprint density at radius 1 is 1.55 bits per heavy atom. The Hall–Kier alpha value is -1.46. The van der Waals surface area contributed by atoms with E-state index in [0.29, 0.717) is 40.5 Å². The molecule has 4 N–H and O–H groups in total. The van der Waals surface area contributed by atoms with E-state index in [1.807, 2.05) is 0 Å². The molecule has 2 rings (SSSR count). The third-order valence-electron chi connectivity index (χ3n) is 4.18. The molecule has 1 amide bonds. The van der Waals surface area contributed by atoms with Gasteiger partial charge in [-0.1, -0.05) is 24.9 Å². The van der Waals surface area contributed by atoms with E-state index in [2.05, 4.69) is 17.6 Å². The topological polar surface area (TPSA) is 76.4 Å². The van der Waals surface area contributed by atoms with Gasteiger partial charge in [0.05, 0.1) is 23.4 Å². The molecule has 1 heterocycles. The summed E-state index contributed by atoms with van der Waals surface area (Å²) in [5.74, 6) is 0.615. The Bertz CT molecular complexity index is 530. The van der Waals surface area contributed by atoms with Gasteiger partial charge in [0.1, 0.15) is 5.75 Å². The molecule has 2 unspecified atom stereocenters. The predicted molar refractivity (Wildman–Crippen MR) is 89.6 cm³/mol. The Labute approximate surface area is 136 Å². The quantitative estimate of drug-likeness (QED) is 0.727. The Morgan fingerprint density at radius 3 is 2.95 bits per heavy atom. The lowest BCUT2D eigenvalue weighted by atomic mass is 9.93. The van der Waals surface area contributed by atoms with Gasteiger partial charge in [-0.2, -0.15) is 0 Å². The molecule has 1 aromatic carbocycles. The van der Waals surface area contributed by atoms with Gasteiger partial charge in [-0.3, -0.25) is 4.79 Å². The van der Waals surface area contributed by atoms with Crippen LogP contribution < -0.4 is 21.1 Å². The van der Waals surface area contributed by atoms with Crippen molar-refractivity contribution in [2.45, 2.75) is 32.2 Å². The molecule has 0 radical (unpaired) electrons. The van der Waals surface area contributed by atoms with E-state index in [-0.39, 0.29) is 5.91 Å². The zero-order valence-electron chi connectivity index (χ0n) is 13.1. The van der Waals surface area contributed by atoms with Crippen LogP contribution >= 0.6 is 11.6 Å². The van der Waals surface area contributed by atoms with Gasteiger partial charge < -0.3 is 21.1 Å². The van der Waals surface area contributed by atoms with Crippen molar-refractivity contribution in [3.63, 3.8) is 0 Å². The largest absolute Gasteiger partial charge is 0.496 e. The number of amides is 1. The monoisotopic (exact) mass is 325 g/mol. The van der Waals surface area contributed by atoms with E-state index >= 15 is 0 Å². The maximum atomic E-state index is 12.4. The highest BCUT2D eigenvalue weighted by molar-refractivity contribution is 6.33. The number of ether oxygens (including phenoxy) is 1. The summed E-state index contributed by atoms with van der Waals surface area (Å²) in [7, 11) is 1.51. The number of nitrogen functional groups attached to an aromatic ring is 1. The van der Waals surface area contributed by atoms with Gasteiger partial charge in [0.25, 0.3) is 5.91 Å². The molecule has 0 aromatic heterocycles. The van der Waals surface area contributed by atoms with Crippen LogP contribution in [0.2, 0.25) is 5.02 Å². The Morgan fingerprint density at radius 2 is 2.32 bits per heavy atom. The number of rotatable bonds is 5. The van der Waals surface area contributed by atoms with Gasteiger partial charge in [-0.25, -0.2) is 0 Å². The smallest absolute Gasteiger partial charge is 0.255 e. The highest BCUT2D eigenvalue weighted by Crippen LogP contribution is 2.28. The van der Waals surface area contributed by atoms with E-state index < -0.39 is 0 Å². The summed E-state index contributed by atoms with van der Waals surface area (Å²) < 4.78 is 5.21. The SMILES string of the molecule is COc1cc(N)c(Cl)cc1C(=O)NCC(C)C1CCCCN1. The normalized spacial score (nSPS) is 19.5. The molecule has 0 aliphatic carbocycles. The first-order valence-electron chi connectivity index (χ1n) is 7.67. The number of halogens is 1. The summed E-state index contributed by atoms with van der Waals surface area (Å²) in [6, 6.07) is 3.59. The molecule has 6 heteroatoms. The summed E-state index contributed by atoms with van der Waals surface area (Å²) in [5, 5.41) is 6.82. The van der Waals surface area contributed by atoms with Gasteiger partial charge in [0.2, 0.25) is 0 Å². The number of hydrogen-bond donors (Lipinski definition) is 3. The van der Waals surface area contributed by atoms with Gasteiger partial charge in [-0.05, 0) is 31.4 Å². The lowest BCUT2D eigenvalue weighted by Crippen LogP contribution is -2.43. The lowest BCUT2D eigenvalue weighted by molar-refractivity contribution is 0.0941. The van der Waals surface area contributed by atoms with E-state index in [1.165, 1.54) is 20.0 Å². The van der Waals surface area contributed by atoms with Crippen LogP contribution in [0.25, 0.3) is 0 Å². The van der Waals surface area contributed by atoms with Gasteiger partial charge >= 0.3 is 0 Å². The predicted octanol–water partition coefficient (Wildman–Crippen LogP) is 2.44. The fraction of sp³-hybridized carbons (Fsp3) is 0.562. The van der Waals surface area contributed by atoms with Crippen LogP contribution in [0.5, 0.6) is 5.75 Å². The molecule has 1 aromatic rings. The number of nitrogens with one attached hydrogen (secondary N) is 2. The first-order chi connectivity index (χ1) is 10.5. The molecule has 0 spiro atoms. The van der Waals surface area contributed by atoms with E-state index in [1.54, 1.807) is 12.1 Å². The van der Waals surface area contributed by atoms with Crippen LogP contribution in [0.3, 0.4) is 0 Å². The fourth-order valence-corrected chi connectivity index (χ4v) is 2.93. The van der Waals surface area contributed by atoms with Crippen LogP contribution in [-0.4, -0.2) is 32.1 Å². The summed E-state index contributed by atoms with van der Waals surface area (Å²) in [5.41, 5.74) is 6.54. The lowest BCUT2D eigenvalue weighted by Gasteiger charge is -2.29. The second kappa shape index (κ2) is 7.70. The van der Waals surface area contributed by atoms with Crippen LogP contribution in [0.15, 0.2) is 12.1 Å². The number of benzene rings is 1. The number of hydrogen-bond acceptors (Lipinski definition) is 4. The molecule has 1 aliphatic heterocycles. The molecular formula is C16H24ClN3O2. The zero-order valence-corrected chi connectivity index (χ0v) is 13.9. The summed E-state index contributed by atoms with van der Waals surface area (Å²) in [6.45, 7) is 3.82. The van der Waals surface area contributed by atoms with Crippen molar-refractivity contribution < 1.29 is 9.53 Å². The molecule has 2 atom stereocenters. The number of nitrogens with two attached hydrogens (primary N) is 1. The molecule has 0 saturated carbocycles. The van der Waals surface area contributed by atoms with Crippen LogP contribution in [0.4, 0.5) is 5.69 Å². The van der Waals surface area contributed by atoms with E-state index in [4.69, 9.17) is 22.1 Å². The minimum absolute atomic E-state index is 0.193. The number of piperidine rings is 1. The van der Waals surface area contributed by atoms with Crippen molar-refractivity contribution in [1.29, 1.82) is 0 Å². The molecule has 22 heavy (non-hydrogen) atoms. The highest BCUT2D eigenvalue weighted by Gasteiger charge is 2.21. The number of methoxy groups -OCH3 is 1. The number of anilines is 1. The minimum Gasteiger partial charge on any atom is -0.496 e. The van der Waals surface area contributed by atoms with Crippen molar-refractivity contribution >= 4 is 23.2 Å². The molecule has 1 aliphatic rings. The van der Waals surface area contributed by atoms with Crippen LogP contribution in [0.1, 0.15) is 36.5 Å². The van der Waals surface area contributed by atoms with Crippen molar-refractivity contribution in [1.82, 2.24) is 10.6 Å². The van der Waals surface area contributed by atoms with Crippen molar-refractivity contribution in [3.8, 4) is 5.75 Å². The first kappa shape index (κ1) is 16.9. The van der Waals surface area contributed by atoms with Crippen molar-refractivity contribution in [2.75, 3.05) is 25.9 Å². The Kier molecular flexibility index (Phi) is 5.91. The van der Waals surface area contributed by atoms with Gasteiger partial charge in [0.15, 0.2) is 0 Å². The van der Waals surface area contributed by atoms with Gasteiger partial charge in [-0.15, -0.1) is 0 Å². The molecule has 1 saturated heterocycles. The number of carbonyl (C=O) groups excluding carboxylic acids is 1. The van der Waals surface area contributed by atoms with Crippen molar-refractivity contribution in [3.05, 3.63) is 22.7 Å². The first-order valence-corrected chi connectivity index (χ1v) is 8.05. The molecule has 122 valence electrons. The molecular weight excluding hydrogens is 302 g/mol. The summed E-state index contributed by atoms with van der Waals surface area (Å²) in [4.78, 5) is 12.4. The Balaban J connectivity index is 1.98. The minimum atomic E-state index is -0.193. The summed E-state index contributed by atoms with van der Waals surface area (Å²) >= 11 is 6.00. The molecule has 0 bridgehead atoms. The molecule has 1 fully saturated rings. The third-order valence-corrected chi connectivity index (χ3v) is 4.51. The number of carbonyl (C=O) groups is 1. The average molecular weight is 326 g/mol. The second-order valence-electron chi connectivity index (χ2n) is 5.82. The van der Waals surface area contributed by atoms with E-state index in [0.717, 1.165) is 13.0 Å². The zero-order chi connectivity index (χ0) is 16.1. The van der Waals surface area contributed by atoms with Crippen LogP contribution in [0, 0.1) is 5.92 Å². The average Bonchev–Trinajstić information content (AvgIpc) is 2.55. The third kappa shape index (κ3) is 4.05. The van der Waals surface area contributed by atoms with E-state index in [9.17, 15) is 4.79 Å². The standard InChI is InChI=1S/C16H24ClN3O2/c1-10(14-5-3-4-6-19-14)9-20-16(21)11-7-12(17)13(18)8-15(11)22-2/h7-8,10,14,19H,3-6,9,18H2,1-2H3,(H,20,21). The summed E-state index contributed by atoms with van der Waals surface area (Å²) in [6.07, 6.45) is 3.64. The fourth-order valence-electron chi connectivity index (χ4n) is 2.77. The van der Waals surface area contributed by atoms with Crippen molar-refractivity contribution in [2.24, 2.45) is 5.92 Å². The van der Waals surface area contributed by atoms with Crippen LogP contribution in [-0.2, 0) is 0 Å². The maximum Gasteiger partial charge on any atom is 0.255 e. The highest BCUT2D eigenvalue weighted by atomic mass is 35.5.